The number of amides is 1. The molecule has 6 heteroatoms. The van der Waals surface area contributed by atoms with Gasteiger partial charge >= 0.3 is 0 Å². The van der Waals surface area contributed by atoms with Crippen molar-refractivity contribution in [3.8, 4) is 6.07 Å². The van der Waals surface area contributed by atoms with Gasteiger partial charge in [-0.1, -0.05) is 15.9 Å². The van der Waals surface area contributed by atoms with Crippen LogP contribution in [0.5, 0.6) is 0 Å². The highest BCUT2D eigenvalue weighted by Crippen LogP contribution is 2.29. The molecule has 1 aromatic heterocycles. The topological polar surface area (TPSA) is 57.0 Å². The molecule has 1 fully saturated rings. The summed E-state index contributed by atoms with van der Waals surface area (Å²) in [7, 11) is 0. The zero-order valence-corrected chi connectivity index (χ0v) is 11.3. The molecule has 1 amide bonds. The van der Waals surface area contributed by atoms with Crippen molar-refractivity contribution >= 4 is 43.6 Å². The third-order valence-corrected chi connectivity index (χ3v) is 3.48. The molecule has 2 rings (SSSR count). The fourth-order valence-corrected chi connectivity index (χ4v) is 2.69. The summed E-state index contributed by atoms with van der Waals surface area (Å²) in [6.07, 6.45) is 1.95. The van der Waals surface area contributed by atoms with Crippen molar-refractivity contribution in [3.63, 3.8) is 0 Å². The first-order chi connectivity index (χ1) is 7.61. The van der Waals surface area contributed by atoms with Gasteiger partial charge in [-0.05, 0) is 22.0 Å². The zero-order chi connectivity index (χ0) is 11.7. The van der Waals surface area contributed by atoms with E-state index in [1.165, 1.54) is 6.20 Å². The van der Waals surface area contributed by atoms with E-state index in [0.29, 0.717) is 28.8 Å². The Labute approximate surface area is 110 Å². The molecule has 16 heavy (non-hydrogen) atoms. The minimum absolute atomic E-state index is 0.0415. The fraction of sp³-hybridized carbons (Fsp3) is 0.300. The summed E-state index contributed by atoms with van der Waals surface area (Å²) in [5, 5.41) is 8.71. The van der Waals surface area contributed by atoms with Crippen molar-refractivity contribution in [2.75, 3.05) is 11.4 Å². The Morgan fingerprint density at radius 2 is 2.38 bits per heavy atom. The van der Waals surface area contributed by atoms with Crippen molar-refractivity contribution in [1.29, 1.82) is 5.26 Å². The number of aromatic nitrogens is 1. The maximum Gasteiger partial charge on any atom is 0.229 e. The number of hydrogen-bond acceptors (Lipinski definition) is 3. The highest BCUT2D eigenvalue weighted by atomic mass is 79.9. The molecule has 82 valence electrons. The highest BCUT2D eigenvalue weighted by molar-refractivity contribution is 9.10. The highest BCUT2D eigenvalue weighted by Gasteiger charge is 2.30. The SMILES string of the molecule is N#Cc1cnc(N2CC(Br)CC2=O)c(Br)c1. The van der Waals surface area contributed by atoms with Crippen LogP contribution < -0.4 is 4.90 Å². The molecule has 0 N–H and O–H groups in total. The van der Waals surface area contributed by atoms with Crippen LogP contribution in [0.15, 0.2) is 16.7 Å². The van der Waals surface area contributed by atoms with Gasteiger partial charge in [-0.15, -0.1) is 0 Å². The van der Waals surface area contributed by atoms with Crippen LogP contribution in [0.4, 0.5) is 5.82 Å². The molecule has 0 aromatic carbocycles. The van der Waals surface area contributed by atoms with Gasteiger partial charge in [0.25, 0.3) is 0 Å². The molecule has 1 aliphatic rings. The Morgan fingerprint density at radius 3 is 2.88 bits per heavy atom. The number of alkyl halides is 1. The third-order valence-electron chi connectivity index (χ3n) is 2.28. The first kappa shape index (κ1) is 11.6. The molecule has 0 radical (unpaired) electrons. The lowest BCUT2D eigenvalue weighted by Gasteiger charge is -2.16. The number of rotatable bonds is 1. The summed E-state index contributed by atoms with van der Waals surface area (Å²) in [5.74, 6) is 0.616. The quantitative estimate of drug-likeness (QED) is 0.734. The van der Waals surface area contributed by atoms with E-state index in [1.807, 2.05) is 6.07 Å². The van der Waals surface area contributed by atoms with Gasteiger partial charge in [-0.3, -0.25) is 9.69 Å². The molecule has 0 saturated carbocycles. The van der Waals surface area contributed by atoms with E-state index in [9.17, 15) is 4.79 Å². The van der Waals surface area contributed by atoms with Crippen molar-refractivity contribution in [3.05, 3.63) is 22.3 Å². The number of carbonyl (C=O) groups is 1. The summed E-state index contributed by atoms with van der Waals surface area (Å²) in [6, 6.07) is 3.66. The van der Waals surface area contributed by atoms with Crippen LogP contribution in [0.1, 0.15) is 12.0 Å². The van der Waals surface area contributed by atoms with Crippen LogP contribution in [-0.4, -0.2) is 22.3 Å². The number of pyridine rings is 1. The average Bonchev–Trinajstić information content (AvgIpc) is 2.57. The van der Waals surface area contributed by atoms with Gasteiger partial charge in [0, 0.05) is 24.0 Å². The maximum absolute atomic E-state index is 11.7. The van der Waals surface area contributed by atoms with Crippen molar-refractivity contribution in [2.24, 2.45) is 0 Å². The monoisotopic (exact) mass is 343 g/mol. The maximum atomic E-state index is 11.7. The predicted octanol–water partition coefficient (Wildman–Crippen LogP) is 2.22. The molecule has 2 heterocycles. The summed E-state index contributed by atoms with van der Waals surface area (Å²) in [5.41, 5.74) is 0.470. The first-order valence-electron chi connectivity index (χ1n) is 4.62. The lowest BCUT2D eigenvalue weighted by Crippen LogP contribution is -2.26. The predicted molar refractivity (Wildman–Crippen MR) is 66.3 cm³/mol. The van der Waals surface area contributed by atoms with E-state index >= 15 is 0 Å². The molecule has 0 spiro atoms. The van der Waals surface area contributed by atoms with Crippen LogP contribution in [0.2, 0.25) is 0 Å². The molecular formula is C10H7Br2N3O. The van der Waals surface area contributed by atoms with Crippen molar-refractivity contribution in [1.82, 2.24) is 4.98 Å². The minimum Gasteiger partial charge on any atom is -0.295 e. The van der Waals surface area contributed by atoms with Crippen LogP contribution >= 0.6 is 31.9 Å². The Bertz CT molecular complexity index is 483. The smallest absolute Gasteiger partial charge is 0.229 e. The summed E-state index contributed by atoms with van der Waals surface area (Å²) >= 11 is 6.73. The van der Waals surface area contributed by atoms with Gasteiger partial charge in [0.2, 0.25) is 5.91 Å². The molecule has 0 aliphatic carbocycles. The van der Waals surface area contributed by atoms with Gasteiger partial charge in [-0.25, -0.2) is 4.98 Å². The summed E-state index contributed by atoms with van der Waals surface area (Å²) in [4.78, 5) is 17.6. The van der Waals surface area contributed by atoms with E-state index in [2.05, 4.69) is 36.8 Å². The van der Waals surface area contributed by atoms with Crippen molar-refractivity contribution < 1.29 is 4.79 Å². The number of anilines is 1. The van der Waals surface area contributed by atoms with Crippen LogP contribution in [0, 0.1) is 11.3 Å². The van der Waals surface area contributed by atoms with Crippen molar-refractivity contribution in [2.45, 2.75) is 11.2 Å². The average molecular weight is 345 g/mol. The van der Waals surface area contributed by atoms with E-state index < -0.39 is 0 Å². The number of halogens is 2. The lowest BCUT2D eigenvalue weighted by atomic mass is 10.3. The second kappa shape index (κ2) is 4.52. The molecule has 1 atom stereocenters. The number of carbonyl (C=O) groups excluding carboxylic acids is 1. The lowest BCUT2D eigenvalue weighted by molar-refractivity contribution is -0.117. The van der Waals surface area contributed by atoms with Gasteiger partial charge in [-0.2, -0.15) is 5.26 Å². The normalized spacial score (nSPS) is 19.9. The summed E-state index contributed by atoms with van der Waals surface area (Å²) in [6.45, 7) is 0.607. The Hall–Kier alpha value is -0.930. The molecule has 0 bridgehead atoms. The second-order valence-electron chi connectivity index (χ2n) is 3.45. The van der Waals surface area contributed by atoms with Gasteiger partial charge in [0.15, 0.2) is 0 Å². The molecule has 4 nitrogen and oxygen atoms in total. The third kappa shape index (κ3) is 2.11. The molecular weight excluding hydrogens is 338 g/mol. The zero-order valence-electron chi connectivity index (χ0n) is 8.15. The largest absolute Gasteiger partial charge is 0.295 e. The van der Waals surface area contributed by atoms with Crippen LogP contribution in [0.25, 0.3) is 0 Å². The Balaban J connectivity index is 2.35. The standard InChI is InChI=1S/C10H7Br2N3O/c11-7-2-9(16)15(5-7)10-8(12)1-6(3-13)4-14-10/h1,4,7H,2,5H2. The van der Waals surface area contributed by atoms with E-state index in [-0.39, 0.29) is 10.7 Å². The van der Waals surface area contributed by atoms with Gasteiger partial charge < -0.3 is 0 Å². The van der Waals surface area contributed by atoms with E-state index in [1.54, 1.807) is 11.0 Å². The fourth-order valence-electron chi connectivity index (χ4n) is 1.56. The molecule has 1 aromatic rings. The van der Waals surface area contributed by atoms with Gasteiger partial charge in [0.1, 0.15) is 11.9 Å². The van der Waals surface area contributed by atoms with Crippen LogP contribution in [0.3, 0.4) is 0 Å². The number of hydrogen-bond donors (Lipinski definition) is 0. The molecule has 1 saturated heterocycles. The first-order valence-corrected chi connectivity index (χ1v) is 6.32. The Kier molecular flexibility index (Phi) is 3.26. The van der Waals surface area contributed by atoms with Crippen LogP contribution in [-0.2, 0) is 4.79 Å². The molecule has 1 unspecified atom stereocenters. The number of nitrogens with zero attached hydrogens (tertiary/aromatic N) is 3. The Morgan fingerprint density at radius 1 is 1.62 bits per heavy atom. The number of nitriles is 1. The van der Waals surface area contributed by atoms with E-state index in [0.717, 1.165) is 0 Å². The van der Waals surface area contributed by atoms with E-state index in [4.69, 9.17) is 5.26 Å². The summed E-state index contributed by atoms with van der Waals surface area (Å²) < 4.78 is 0.668. The molecule has 1 aliphatic heterocycles. The second-order valence-corrected chi connectivity index (χ2v) is 5.60. The van der Waals surface area contributed by atoms with Gasteiger partial charge in [0.05, 0.1) is 10.0 Å². The minimum atomic E-state index is 0.0415.